The van der Waals surface area contributed by atoms with Crippen LogP contribution in [-0.4, -0.2) is 30.9 Å². The van der Waals surface area contributed by atoms with Crippen LogP contribution in [0.1, 0.15) is 12.5 Å². The molecule has 0 aliphatic rings. The van der Waals surface area contributed by atoms with E-state index in [9.17, 15) is 4.79 Å². The van der Waals surface area contributed by atoms with E-state index in [1.54, 1.807) is 25.1 Å². The third-order valence-electron chi connectivity index (χ3n) is 2.27. The highest BCUT2D eigenvalue weighted by Crippen LogP contribution is 2.21. The summed E-state index contributed by atoms with van der Waals surface area (Å²) in [5.74, 6) is 1.89. The van der Waals surface area contributed by atoms with Crippen LogP contribution >= 0.6 is 11.8 Å². The van der Waals surface area contributed by atoms with Crippen LogP contribution in [0, 0.1) is 5.92 Å². The molecule has 1 unspecified atom stereocenters. The van der Waals surface area contributed by atoms with E-state index in [0.29, 0.717) is 5.88 Å². The van der Waals surface area contributed by atoms with Crippen LogP contribution in [0.25, 0.3) is 0 Å². The summed E-state index contributed by atoms with van der Waals surface area (Å²) in [5.41, 5.74) is 1.04. The molecular weight excluding hydrogens is 238 g/mol. The van der Waals surface area contributed by atoms with Gasteiger partial charge in [-0.25, -0.2) is 4.98 Å². The van der Waals surface area contributed by atoms with Crippen molar-refractivity contribution in [3.8, 4) is 5.88 Å². The van der Waals surface area contributed by atoms with E-state index < -0.39 is 0 Å². The fourth-order valence-corrected chi connectivity index (χ4v) is 2.38. The lowest BCUT2D eigenvalue weighted by atomic mass is 10.2. The topological polar surface area (TPSA) is 48.4 Å². The van der Waals surface area contributed by atoms with Crippen LogP contribution in [0.5, 0.6) is 5.88 Å². The van der Waals surface area contributed by atoms with Gasteiger partial charge in [0.25, 0.3) is 0 Å². The van der Waals surface area contributed by atoms with E-state index >= 15 is 0 Å². The number of pyridine rings is 1. The number of rotatable bonds is 6. The molecule has 1 aromatic rings. The van der Waals surface area contributed by atoms with Gasteiger partial charge in [-0.15, -0.1) is 0 Å². The molecule has 1 atom stereocenters. The van der Waals surface area contributed by atoms with Gasteiger partial charge < -0.3 is 9.47 Å². The van der Waals surface area contributed by atoms with E-state index in [1.165, 1.54) is 7.11 Å². The average Bonchev–Trinajstić information content (AvgIpc) is 2.38. The molecule has 0 saturated carbocycles. The van der Waals surface area contributed by atoms with Gasteiger partial charge in [-0.1, -0.05) is 13.0 Å². The Balaban J connectivity index is 2.43. The molecule has 5 heteroatoms. The number of esters is 1. The number of thioether (sulfide) groups is 1. The highest BCUT2D eigenvalue weighted by Gasteiger charge is 2.13. The highest BCUT2D eigenvalue weighted by molar-refractivity contribution is 7.98. The maximum atomic E-state index is 11.2. The molecule has 0 amide bonds. The van der Waals surface area contributed by atoms with E-state index in [1.807, 2.05) is 19.1 Å². The second-order valence-corrected chi connectivity index (χ2v) is 4.64. The zero-order valence-electron chi connectivity index (χ0n) is 10.3. The Kier molecular flexibility index (Phi) is 5.83. The van der Waals surface area contributed by atoms with Crippen molar-refractivity contribution < 1.29 is 14.3 Å². The standard InChI is InChI=1S/C12H17NO3S/c1-9(12(14)16-3)7-17-8-10-5-4-6-13-11(10)15-2/h4-6,9H,7-8H2,1-3H3. The van der Waals surface area contributed by atoms with Crippen LogP contribution < -0.4 is 4.74 Å². The summed E-state index contributed by atoms with van der Waals surface area (Å²) in [6.45, 7) is 1.86. The van der Waals surface area contributed by atoms with Crippen LogP contribution in [0.2, 0.25) is 0 Å². The highest BCUT2D eigenvalue weighted by atomic mass is 32.2. The maximum Gasteiger partial charge on any atom is 0.309 e. The van der Waals surface area contributed by atoms with Crippen molar-refractivity contribution in [2.75, 3.05) is 20.0 Å². The molecule has 0 spiro atoms. The summed E-state index contributed by atoms with van der Waals surface area (Å²) in [6, 6.07) is 3.85. The largest absolute Gasteiger partial charge is 0.481 e. The summed E-state index contributed by atoms with van der Waals surface area (Å²) in [4.78, 5) is 15.3. The number of ether oxygens (including phenoxy) is 2. The molecule has 0 aliphatic heterocycles. The molecule has 0 aliphatic carbocycles. The van der Waals surface area contributed by atoms with Gasteiger partial charge in [0.05, 0.1) is 20.1 Å². The van der Waals surface area contributed by atoms with Crippen molar-refractivity contribution in [1.82, 2.24) is 4.98 Å². The molecule has 0 saturated heterocycles. The minimum Gasteiger partial charge on any atom is -0.481 e. The first-order valence-electron chi connectivity index (χ1n) is 5.32. The fourth-order valence-electron chi connectivity index (χ4n) is 1.33. The van der Waals surface area contributed by atoms with Gasteiger partial charge in [0, 0.05) is 23.3 Å². The lowest BCUT2D eigenvalue weighted by Gasteiger charge is -2.09. The van der Waals surface area contributed by atoms with Gasteiger partial charge >= 0.3 is 5.97 Å². The number of methoxy groups -OCH3 is 2. The predicted molar refractivity (Wildman–Crippen MR) is 68.1 cm³/mol. The molecule has 0 radical (unpaired) electrons. The van der Waals surface area contributed by atoms with Crippen molar-refractivity contribution >= 4 is 17.7 Å². The van der Waals surface area contributed by atoms with Crippen LogP contribution in [0.15, 0.2) is 18.3 Å². The number of carbonyl (C=O) groups excluding carboxylic acids is 1. The molecule has 0 fully saturated rings. The number of hydrogen-bond donors (Lipinski definition) is 0. The number of hydrogen-bond acceptors (Lipinski definition) is 5. The molecule has 4 nitrogen and oxygen atoms in total. The lowest BCUT2D eigenvalue weighted by molar-refractivity contribution is -0.143. The van der Waals surface area contributed by atoms with Gasteiger partial charge in [0.15, 0.2) is 0 Å². The summed E-state index contributed by atoms with van der Waals surface area (Å²) in [5, 5.41) is 0. The molecule has 0 N–H and O–H groups in total. The zero-order chi connectivity index (χ0) is 12.7. The Bertz CT molecular complexity index is 371. The van der Waals surface area contributed by atoms with Gasteiger partial charge in [-0.05, 0) is 6.07 Å². The van der Waals surface area contributed by atoms with Crippen molar-refractivity contribution in [2.24, 2.45) is 5.92 Å². The second kappa shape index (κ2) is 7.17. The Morgan fingerprint density at radius 3 is 2.94 bits per heavy atom. The van der Waals surface area contributed by atoms with E-state index in [4.69, 9.17) is 4.74 Å². The minimum atomic E-state index is -0.171. The van der Waals surface area contributed by atoms with Crippen molar-refractivity contribution in [1.29, 1.82) is 0 Å². The Labute approximate surface area is 106 Å². The first-order chi connectivity index (χ1) is 8.19. The zero-order valence-corrected chi connectivity index (χ0v) is 11.1. The molecule has 1 aromatic heterocycles. The molecule has 0 aromatic carbocycles. The Morgan fingerprint density at radius 1 is 1.53 bits per heavy atom. The number of nitrogens with zero attached hydrogens (tertiary/aromatic N) is 1. The summed E-state index contributed by atoms with van der Waals surface area (Å²) >= 11 is 1.67. The normalized spacial score (nSPS) is 11.9. The Morgan fingerprint density at radius 2 is 2.29 bits per heavy atom. The average molecular weight is 255 g/mol. The van der Waals surface area contributed by atoms with Crippen molar-refractivity contribution in [3.63, 3.8) is 0 Å². The van der Waals surface area contributed by atoms with Crippen molar-refractivity contribution in [2.45, 2.75) is 12.7 Å². The molecule has 94 valence electrons. The maximum absolute atomic E-state index is 11.2. The third kappa shape index (κ3) is 4.26. The minimum absolute atomic E-state index is 0.0901. The molecule has 1 heterocycles. The van der Waals surface area contributed by atoms with Crippen LogP contribution in [0.3, 0.4) is 0 Å². The smallest absolute Gasteiger partial charge is 0.309 e. The van der Waals surface area contributed by atoms with Crippen LogP contribution in [0.4, 0.5) is 0 Å². The van der Waals surface area contributed by atoms with Gasteiger partial charge in [-0.3, -0.25) is 4.79 Å². The SMILES string of the molecule is COC(=O)C(C)CSCc1cccnc1OC. The molecule has 17 heavy (non-hydrogen) atoms. The molecular formula is C12H17NO3S. The Hall–Kier alpha value is -1.23. The number of carbonyl (C=O) groups is 1. The third-order valence-corrected chi connectivity index (χ3v) is 3.52. The van der Waals surface area contributed by atoms with Crippen LogP contribution in [-0.2, 0) is 15.3 Å². The monoisotopic (exact) mass is 255 g/mol. The summed E-state index contributed by atoms with van der Waals surface area (Å²) in [7, 11) is 3.02. The van der Waals surface area contributed by atoms with Gasteiger partial charge in [0.2, 0.25) is 5.88 Å². The fraction of sp³-hybridized carbons (Fsp3) is 0.500. The second-order valence-electron chi connectivity index (χ2n) is 3.61. The summed E-state index contributed by atoms with van der Waals surface area (Å²) in [6.07, 6.45) is 1.70. The molecule has 1 rings (SSSR count). The van der Waals surface area contributed by atoms with E-state index in [-0.39, 0.29) is 11.9 Å². The first kappa shape index (κ1) is 13.8. The van der Waals surface area contributed by atoms with Crippen molar-refractivity contribution in [3.05, 3.63) is 23.9 Å². The number of aromatic nitrogens is 1. The van der Waals surface area contributed by atoms with Gasteiger partial charge in [-0.2, -0.15) is 11.8 Å². The quantitative estimate of drug-likeness (QED) is 0.729. The predicted octanol–water partition coefficient (Wildman–Crippen LogP) is 2.13. The molecule has 0 bridgehead atoms. The summed E-state index contributed by atoms with van der Waals surface area (Å²) < 4.78 is 9.83. The van der Waals surface area contributed by atoms with E-state index in [0.717, 1.165) is 17.1 Å². The first-order valence-corrected chi connectivity index (χ1v) is 6.48. The van der Waals surface area contributed by atoms with E-state index in [2.05, 4.69) is 9.72 Å². The lowest BCUT2D eigenvalue weighted by Crippen LogP contribution is -2.14. The van der Waals surface area contributed by atoms with Gasteiger partial charge in [0.1, 0.15) is 0 Å².